The van der Waals surface area contributed by atoms with Crippen LogP contribution < -0.4 is 10.1 Å². The second-order valence-electron chi connectivity index (χ2n) is 7.98. The number of sulfonamides is 1. The second-order valence-corrected chi connectivity index (χ2v) is 10.4. The van der Waals surface area contributed by atoms with Crippen molar-refractivity contribution in [2.24, 2.45) is 0 Å². The Morgan fingerprint density at radius 3 is 2.45 bits per heavy atom. The zero-order valence-corrected chi connectivity index (χ0v) is 19.7. The smallest absolute Gasteiger partial charge is 0.235 e. The number of hydrogen-bond donors (Lipinski definition) is 1. The third-order valence-corrected chi connectivity index (χ3v) is 7.48. The van der Waals surface area contributed by atoms with Crippen LogP contribution in [-0.2, 0) is 21.4 Å². The van der Waals surface area contributed by atoms with Crippen LogP contribution in [0.5, 0.6) is 5.75 Å². The molecule has 2 aromatic rings. The summed E-state index contributed by atoms with van der Waals surface area (Å²) in [7, 11) is -3.62. The molecule has 0 spiro atoms. The van der Waals surface area contributed by atoms with Crippen LogP contribution in [-0.4, -0.2) is 37.0 Å². The summed E-state index contributed by atoms with van der Waals surface area (Å²) in [5.41, 5.74) is 1.19. The Morgan fingerprint density at radius 1 is 1.16 bits per heavy atom. The topological polar surface area (TPSA) is 75.7 Å². The van der Waals surface area contributed by atoms with Crippen LogP contribution in [0.3, 0.4) is 0 Å². The van der Waals surface area contributed by atoms with Gasteiger partial charge in [0.1, 0.15) is 11.4 Å². The maximum absolute atomic E-state index is 12.9. The summed E-state index contributed by atoms with van der Waals surface area (Å²) in [5.74, 6) is 0.402. The van der Waals surface area contributed by atoms with Gasteiger partial charge in [0.15, 0.2) is 0 Å². The van der Waals surface area contributed by atoms with Crippen molar-refractivity contribution in [2.75, 3.05) is 12.8 Å². The molecular weight excluding hydrogens is 436 g/mol. The summed E-state index contributed by atoms with van der Waals surface area (Å²) in [6.45, 7) is 3.90. The lowest BCUT2D eigenvalue weighted by atomic mass is 9.83. The van der Waals surface area contributed by atoms with E-state index in [0.29, 0.717) is 17.0 Å². The van der Waals surface area contributed by atoms with Crippen molar-refractivity contribution in [1.82, 2.24) is 9.62 Å². The zero-order valence-electron chi connectivity index (χ0n) is 18.1. The Kier molecular flexibility index (Phi) is 7.29. The van der Waals surface area contributed by atoms with Crippen LogP contribution in [0.1, 0.15) is 50.3 Å². The van der Waals surface area contributed by atoms with Crippen LogP contribution in [0.15, 0.2) is 48.5 Å². The number of halogens is 1. The van der Waals surface area contributed by atoms with Gasteiger partial charge in [-0.05, 0) is 30.5 Å². The van der Waals surface area contributed by atoms with Crippen LogP contribution in [0.25, 0.3) is 0 Å². The number of rotatable bonds is 8. The summed E-state index contributed by atoms with van der Waals surface area (Å²) in [5, 5.41) is 3.51. The first-order valence-corrected chi connectivity index (χ1v) is 12.7. The Labute approximate surface area is 189 Å². The number of ether oxygens (including phenoxy) is 1. The van der Waals surface area contributed by atoms with Crippen molar-refractivity contribution >= 4 is 27.5 Å². The highest BCUT2D eigenvalue weighted by atomic mass is 35.5. The van der Waals surface area contributed by atoms with Crippen LogP contribution in [0, 0.1) is 0 Å². The first-order valence-electron chi connectivity index (χ1n) is 10.4. The molecule has 1 heterocycles. The molecule has 0 radical (unpaired) electrons. The van der Waals surface area contributed by atoms with Crippen molar-refractivity contribution < 1.29 is 17.9 Å². The summed E-state index contributed by atoms with van der Waals surface area (Å²) < 4.78 is 32.1. The number of nitrogens with one attached hydrogen (secondary N) is 1. The Morgan fingerprint density at radius 2 is 1.81 bits per heavy atom. The largest absolute Gasteiger partial charge is 0.487 e. The first kappa shape index (κ1) is 23.6. The summed E-state index contributed by atoms with van der Waals surface area (Å²) in [6.07, 6.45) is 3.35. The number of amides is 1. The van der Waals surface area contributed by atoms with E-state index in [9.17, 15) is 13.2 Å². The fourth-order valence-corrected chi connectivity index (χ4v) is 4.86. The van der Waals surface area contributed by atoms with Crippen LogP contribution >= 0.6 is 11.6 Å². The molecule has 1 atom stereocenters. The number of carbonyl (C=O) groups is 1. The molecule has 8 heteroatoms. The van der Waals surface area contributed by atoms with Gasteiger partial charge in [0, 0.05) is 23.6 Å². The molecule has 1 amide bonds. The van der Waals surface area contributed by atoms with Crippen molar-refractivity contribution in [2.45, 2.75) is 51.3 Å². The minimum atomic E-state index is -3.62. The molecule has 1 aliphatic heterocycles. The van der Waals surface area contributed by atoms with E-state index in [4.69, 9.17) is 16.3 Å². The van der Waals surface area contributed by atoms with E-state index in [2.05, 4.69) is 19.2 Å². The molecule has 1 N–H and O–H groups in total. The highest BCUT2D eigenvalue weighted by Crippen LogP contribution is 2.42. The number of benzene rings is 2. The molecular formula is C23H29ClN2O4S. The molecule has 2 aromatic carbocycles. The van der Waals surface area contributed by atoms with Gasteiger partial charge in [-0.15, -0.1) is 0 Å². The van der Waals surface area contributed by atoms with Gasteiger partial charge in [-0.2, -0.15) is 4.31 Å². The standard InChI is InChI=1S/C23H29ClN2O4S/c1-4-23(5-2)14-20(18-11-7-9-13-21(18)30-23)25-22(27)16-26(31(3,28)29)15-17-10-6-8-12-19(17)24/h6-13,20H,4-5,14-16H2,1-3H3,(H,25,27)/t20-/m1/s1. The third-order valence-electron chi connectivity index (χ3n) is 5.91. The maximum Gasteiger partial charge on any atom is 0.235 e. The molecule has 0 unspecified atom stereocenters. The normalized spacial score (nSPS) is 17.6. The van der Waals surface area contributed by atoms with Crippen molar-refractivity contribution in [3.63, 3.8) is 0 Å². The average molecular weight is 465 g/mol. The minimum absolute atomic E-state index is 0.0319. The number of carbonyl (C=O) groups excluding carboxylic acids is 1. The third kappa shape index (κ3) is 5.59. The van der Waals surface area contributed by atoms with Gasteiger partial charge in [-0.3, -0.25) is 4.79 Å². The van der Waals surface area contributed by atoms with Crippen LogP contribution in [0.4, 0.5) is 0 Å². The number of nitrogens with zero attached hydrogens (tertiary/aromatic N) is 1. The van der Waals surface area contributed by atoms with E-state index in [1.54, 1.807) is 24.3 Å². The Balaban J connectivity index is 1.79. The Hall–Kier alpha value is -2.09. The summed E-state index contributed by atoms with van der Waals surface area (Å²) >= 11 is 6.19. The number of fused-ring (bicyclic) bond motifs is 1. The lowest BCUT2D eigenvalue weighted by Gasteiger charge is -2.41. The van der Waals surface area contributed by atoms with Gasteiger partial charge in [0.25, 0.3) is 0 Å². The highest BCUT2D eigenvalue weighted by Gasteiger charge is 2.39. The quantitative estimate of drug-likeness (QED) is 0.631. The van der Waals surface area contributed by atoms with Gasteiger partial charge in [-0.1, -0.05) is 61.8 Å². The number of para-hydroxylation sites is 1. The van der Waals surface area contributed by atoms with Gasteiger partial charge in [0.05, 0.1) is 18.8 Å². The first-order chi connectivity index (χ1) is 14.7. The van der Waals surface area contributed by atoms with E-state index >= 15 is 0 Å². The van der Waals surface area contributed by atoms with E-state index in [1.165, 1.54) is 0 Å². The molecule has 0 aromatic heterocycles. The highest BCUT2D eigenvalue weighted by molar-refractivity contribution is 7.88. The van der Waals surface area contributed by atoms with Gasteiger partial charge in [-0.25, -0.2) is 8.42 Å². The molecule has 0 saturated heterocycles. The molecule has 168 valence electrons. The van der Waals surface area contributed by atoms with Crippen molar-refractivity contribution in [1.29, 1.82) is 0 Å². The van der Waals surface area contributed by atoms with Crippen molar-refractivity contribution in [3.05, 3.63) is 64.7 Å². The van der Waals surface area contributed by atoms with Gasteiger partial charge < -0.3 is 10.1 Å². The molecule has 3 rings (SSSR count). The monoisotopic (exact) mass is 464 g/mol. The van der Waals surface area contributed by atoms with E-state index in [1.807, 2.05) is 24.3 Å². The average Bonchev–Trinajstić information content (AvgIpc) is 2.74. The molecule has 0 saturated carbocycles. The minimum Gasteiger partial charge on any atom is -0.487 e. The maximum atomic E-state index is 12.9. The fourth-order valence-electron chi connectivity index (χ4n) is 3.94. The Bertz CT molecular complexity index is 1040. The molecule has 31 heavy (non-hydrogen) atoms. The van der Waals surface area contributed by atoms with E-state index in [-0.39, 0.29) is 30.6 Å². The molecule has 0 aliphatic carbocycles. The fraction of sp³-hybridized carbons (Fsp3) is 0.435. The lowest BCUT2D eigenvalue weighted by molar-refractivity contribution is -0.122. The number of hydrogen-bond acceptors (Lipinski definition) is 4. The molecule has 0 fully saturated rings. The van der Waals surface area contributed by atoms with Crippen molar-refractivity contribution in [3.8, 4) is 5.75 Å². The van der Waals surface area contributed by atoms with Gasteiger partial charge >= 0.3 is 0 Å². The lowest BCUT2D eigenvalue weighted by Crippen LogP contribution is -2.47. The summed E-state index contributed by atoms with van der Waals surface area (Å²) in [4.78, 5) is 12.9. The predicted octanol–water partition coefficient (Wildman–Crippen LogP) is 4.30. The SMILES string of the molecule is CCC1(CC)C[C@@H](NC(=O)CN(Cc2ccccc2Cl)S(C)(=O)=O)c2ccccc2O1. The predicted molar refractivity (Wildman–Crippen MR) is 123 cm³/mol. The zero-order chi connectivity index (χ0) is 22.6. The van der Waals surface area contributed by atoms with E-state index in [0.717, 1.165) is 34.7 Å². The second kappa shape index (κ2) is 9.59. The molecule has 6 nitrogen and oxygen atoms in total. The van der Waals surface area contributed by atoms with E-state index < -0.39 is 10.0 Å². The summed E-state index contributed by atoms with van der Waals surface area (Å²) in [6, 6.07) is 14.4. The molecule has 1 aliphatic rings. The molecule has 0 bridgehead atoms. The van der Waals surface area contributed by atoms with Crippen LogP contribution in [0.2, 0.25) is 5.02 Å². The van der Waals surface area contributed by atoms with Gasteiger partial charge in [0.2, 0.25) is 15.9 Å².